The van der Waals surface area contributed by atoms with Gasteiger partial charge in [-0.15, -0.1) is 0 Å². The van der Waals surface area contributed by atoms with Crippen molar-refractivity contribution in [3.05, 3.63) is 0 Å². The number of ether oxygens (including phenoxy) is 2. The number of nitrogens with one attached hydrogen (secondary N) is 2. The van der Waals surface area contributed by atoms with E-state index in [-0.39, 0.29) is 30.2 Å². The summed E-state index contributed by atoms with van der Waals surface area (Å²) in [6.45, 7) is 4.81. The number of amides is 3. The van der Waals surface area contributed by atoms with Crippen LogP contribution in [0, 0.1) is 0 Å². The van der Waals surface area contributed by atoms with Crippen LogP contribution in [0.3, 0.4) is 0 Å². The molecule has 0 radical (unpaired) electrons. The summed E-state index contributed by atoms with van der Waals surface area (Å²) in [5, 5.41) is 6.05. The van der Waals surface area contributed by atoms with Crippen molar-refractivity contribution in [3.8, 4) is 0 Å². The summed E-state index contributed by atoms with van der Waals surface area (Å²) in [6.07, 6.45) is 7.88. The lowest BCUT2D eigenvalue weighted by molar-refractivity contribution is -0.182. The first-order valence-electron chi connectivity index (χ1n) is 11.0. The molecule has 0 aromatic heterocycles. The van der Waals surface area contributed by atoms with E-state index in [0.717, 1.165) is 38.8 Å². The van der Waals surface area contributed by atoms with Gasteiger partial charge in [-0.2, -0.15) is 0 Å². The van der Waals surface area contributed by atoms with Crippen LogP contribution in [0.15, 0.2) is 0 Å². The fourth-order valence-electron chi connectivity index (χ4n) is 4.83. The number of morpholine rings is 1. The van der Waals surface area contributed by atoms with Gasteiger partial charge in [0.2, 0.25) is 5.91 Å². The van der Waals surface area contributed by atoms with Crippen LogP contribution in [-0.2, 0) is 14.3 Å². The third-order valence-electron chi connectivity index (χ3n) is 6.57. The molecule has 0 aromatic rings. The minimum atomic E-state index is -0.0754. The Morgan fingerprint density at radius 2 is 1.79 bits per heavy atom. The van der Waals surface area contributed by atoms with Crippen molar-refractivity contribution < 1.29 is 19.1 Å². The molecule has 0 aromatic carbocycles. The minimum Gasteiger partial charge on any atom is -0.379 e. The molecule has 28 heavy (non-hydrogen) atoms. The second kappa shape index (κ2) is 9.41. The van der Waals surface area contributed by atoms with E-state index in [1.54, 1.807) is 0 Å². The predicted molar refractivity (Wildman–Crippen MR) is 104 cm³/mol. The van der Waals surface area contributed by atoms with Crippen molar-refractivity contribution in [2.24, 2.45) is 0 Å². The lowest BCUT2D eigenvalue weighted by atomic mass is 9.89. The van der Waals surface area contributed by atoms with Crippen molar-refractivity contribution in [3.63, 3.8) is 0 Å². The first kappa shape index (κ1) is 19.9. The average Bonchev–Trinajstić information content (AvgIpc) is 2.69. The smallest absolute Gasteiger partial charge is 0.315 e. The number of likely N-dealkylation sites (tertiary alicyclic amines) is 1. The second-order valence-corrected chi connectivity index (χ2v) is 8.57. The van der Waals surface area contributed by atoms with E-state index in [4.69, 9.17) is 9.47 Å². The Balaban J connectivity index is 1.13. The Hall–Kier alpha value is -1.38. The van der Waals surface area contributed by atoms with Crippen LogP contribution in [0.2, 0.25) is 0 Å². The second-order valence-electron chi connectivity index (χ2n) is 8.57. The predicted octanol–water partition coefficient (Wildman–Crippen LogP) is 0.709. The quantitative estimate of drug-likeness (QED) is 0.718. The maximum atomic E-state index is 12.6. The topological polar surface area (TPSA) is 83.1 Å². The number of nitrogens with zero attached hydrogens (tertiary/aromatic N) is 2. The van der Waals surface area contributed by atoms with Gasteiger partial charge in [0, 0.05) is 32.2 Å². The van der Waals surface area contributed by atoms with Crippen LogP contribution in [0.5, 0.6) is 0 Å². The summed E-state index contributed by atoms with van der Waals surface area (Å²) in [5.74, 6) is 0.204. The third-order valence-corrected chi connectivity index (χ3v) is 6.57. The van der Waals surface area contributed by atoms with Gasteiger partial charge in [-0.05, 0) is 25.7 Å². The zero-order chi connectivity index (χ0) is 19.3. The van der Waals surface area contributed by atoms with Gasteiger partial charge in [0.15, 0.2) is 0 Å². The molecule has 1 aliphatic carbocycles. The van der Waals surface area contributed by atoms with E-state index in [1.165, 1.54) is 19.3 Å². The monoisotopic (exact) mass is 394 g/mol. The molecule has 4 rings (SSSR count). The van der Waals surface area contributed by atoms with E-state index >= 15 is 0 Å². The van der Waals surface area contributed by atoms with Crippen molar-refractivity contribution in [1.82, 2.24) is 20.4 Å². The standard InChI is InChI=1S/C20H34N4O4/c25-19(14-23-8-10-27-11-9-23)24-13-18-17(24)7-6-16(28-18)12-21-20(26)22-15-4-2-1-3-5-15/h15-18H,1-14H2,(H2,21,22,26)/t16-,17+,18+/m1/s1. The normalized spacial score (nSPS) is 31.6. The van der Waals surface area contributed by atoms with Crippen molar-refractivity contribution in [2.75, 3.05) is 45.9 Å². The van der Waals surface area contributed by atoms with Gasteiger partial charge in [-0.1, -0.05) is 19.3 Å². The highest BCUT2D eigenvalue weighted by atomic mass is 16.5. The van der Waals surface area contributed by atoms with Crippen LogP contribution in [0.1, 0.15) is 44.9 Å². The minimum absolute atomic E-state index is 0.0508. The molecule has 8 heteroatoms. The molecule has 3 saturated heterocycles. The summed E-state index contributed by atoms with van der Waals surface area (Å²) < 4.78 is 11.5. The van der Waals surface area contributed by atoms with Crippen molar-refractivity contribution >= 4 is 11.9 Å². The van der Waals surface area contributed by atoms with Gasteiger partial charge in [0.25, 0.3) is 0 Å². The molecule has 3 heterocycles. The van der Waals surface area contributed by atoms with Gasteiger partial charge in [0.05, 0.1) is 38.0 Å². The maximum Gasteiger partial charge on any atom is 0.315 e. The number of urea groups is 1. The van der Waals surface area contributed by atoms with Gasteiger partial charge in [-0.25, -0.2) is 4.79 Å². The molecule has 0 spiro atoms. The van der Waals surface area contributed by atoms with Crippen LogP contribution < -0.4 is 10.6 Å². The molecule has 3 atom stereocenters. The van der Waals surface area contributed by atoms with Gasteiger partial charge in [-0.3, -0.25) is 9.69 Å². The number of carbonyl (C=O) groups is 2. The van der Waals surface area contributed by atoms with Gasteiger partial charge >= 0.3 is 6.03 Å². The Kier molecular flexibility index (Phi) is 6.69. The molecular weight excluding hydrogens is 360 g/mol. The molecule has 0 bridgehead atoms. The Bertz CT molecular complexity index is 546. The number of hydrogen-bond acceptors (Lipinski definition) is 5. The molecule has 4 fully saturated rings. The summed E-state index contributed by atoms with van der Waals surface area (Å²) >= 11 is 0. The van der Waals surface area contributed by atoms with Crippen LogP contribution in [-0.4, -0.2) is 92.0 Å². The molecule has 3 aliphatic heterocycles. The fourth-order valence-corrected chi connectivity index (χ4v) is 4.83. The molecule has 158 valence electrons. The number of hydrogen-bond donors (Lipinski definition) is 2. The maximum absolute atomic E-state index is 12.6. The van der Waals surface area contributed by atoms with Crippen LogP contribution in [0.25, 0.3) is 0 Å². The molecule has 4 aliphatic rings. The summed E-state index contributed by atoms with van der Waals surface area (Å²) in [5.41, 5.74) is 0. The van der Waals surface area contributed by atoms with E-state index in [9.17, 15) is 9.59 Å². The summed E-state index contributed by atoms with van der Waals surface area (Å²) in [4.78, 5) is 28.8. The SMILES string of the molecule is O=C(NC[C@H]1CC[C@H]2[C@H](CN2C(=O)CN2CCOCC2)O1)NC1CCCCC1. The third kappa shape index (κ3) is 4.96. The lowest BCUT2D eigenvalue weighted by Gasteiger charge is -2.52. The molecule has 1 saturated carbocycles. The largest absolute Gasteiger partial charge is 0.379 e. The lowest BCUT2D eigenvalue weighted by Crippen LogP contribution is -2.67. The summed E-state index contributed by atoms with van der Waals surface area (Å²) in [6, 6.07) is 0.456. The highest BCUT2D eigenvalue weighted by Gasteiger charge is 2.46. The molecule has 8 nitrogen and oxygen atoms in total. The number of rotatable bonds is 5. The van der Waals surface area contributed by atoms with E-state index < -0.39 is 0 Å². The van der Waals surface area contributed by atoms with E-state index in [2.05, 4.69) is 15.5 Å². The molecule has 0 unspecified atom stereocenters. The zero-order valence-electron chi connectivity index (χ0n) is 16.7. The first-order valence-corrected chi connectivity index (χ1v) is 11.0. The zero-order valence-corrected chi connectivity index (χ0v) is 16.7. The van der Waals surface area contributed by atoms with E-state index in [0.29, 0.717) is 38.9 Å². The highest BCUT2D eigenvalue weighted by Crippen LogP contribution is 2.32. The van der Waals surface area contributed by atoms with Gasteiger partial charge in [0.1, 0.15) is 0 Å². The van der Waals surface area contributed by atoms with Crippen molar-refractivity contribution in [1.29, 1.82) is 0 Å². The van der Waals surface area contributed by atoms with E-state index in [1.807, 2.05) is 4.90 Å². The number of carbonyl (C=O) groups excluding carboxylic acids is 2. The highest BCUT2D eigenvalue weighted by molar-refractivity contribution is 5.79. The Morgan fingerprint density at radius 1 is 1.00 bits per heavy atom. The first-order chi connectivity index (χ1) is 13.7. The Morgan fingerprint density at radius 3 is 2.54 bits per heavy atom. The van der Waals surface area contributed by atoms with Gasteiger partial charge < -0.3 is 25.0 Å². The molecular formula is C20H34N4O4. The molecule has 2 N–H and O–H groups in total. The van der Waals surface area contributed by atoms with Crippen LogP contribution in [0.4, 0.5) is 4.79 Å². The summed E-state index contributed by atoms with van der Waals surface area (Å²) in [7, 11) is 0. The van der Waals surface area contributed by atoms with Crippen LogP contribution >= 0.6 is 0 Å². The van der Waals surface area contributed by atoms with Crippen molar-refractivity contribution in [2.45, 2.75) is 69.2 Å². The molecule has 3 amide bonds. The average molecular weight is 395 g/mol. The number of fused-ring (bicyclic) bond motifs is 1. The fraction of sp³-hybridized carbons (Fsp3) is 0.900. The Labute approximate surface area is 167 Å².